The van der Waals surface area contributed by atoms with Crippen molar-refractivity contribution in [3.05, 3.63) is 56.8 Å². The third-order valence-corrected chi connectivity index (χ3v) is 3.62. The summed E-state index contributed by atoms with van der Waals surface area (Å²) in [6.07, 6.45) is 3.68. The van der Waals surface area contributed by atoms with E-state index in [1.807, 2.05) is 0 Å². The maximum atomic E-state index is 12.1. The number of rotatable bonds is 7. The van der Waals surface area contributed by atoms with Gasteiger partial charge < -0.3 is 0 Å². The predicted molar refractivity (Wildman–Crippen MR) is 79.3 cm³/mol. The minimum atomic E-state index is -3.35. The molecule has 1 heterocycles. The van der Waals surface area contributed by atoms with Crippen molar-refractivity contribution in [3.63, 3.8) is 0 Å². The van der Waals surface area contributed by atoms with Crippen LogP contribution < -0.4 is 17.1 Å². The smallest absolute Gasteiger partial charge is 0.247 e. The van der Waals surface area contributed by atoms with Crippen LogP contribution in [0.4, 0.5) is 0 Å². The van der Waals surface area contributed by atoms with Crippen LogP contribution in [0.5, 0.6) is 0 Å². The molecule has 0 fully saturated rings. The fourth-order valence-corrected chi connectivity index (χ4v) is 2.22. The van der Waals surface area contributed by atoms with Gasteiger partial charge in [0, 0.05) is 12.8 Å². The quantitative estimate of drug-likeness (QED) is 0.575. The van der Waals surface area contributed by atoms with E-state index in [2.05, 4.69) is 13.2 Å². The van der Waals surface area contributed by atoms with Crippen molar-refractivity contribution in [1.29, 1.82) is 0 Å². The van der Waals surface area contributed by atoms with Gasteiger partial charge in [0.25, 0.3) is 0 Å². The fourth-order valence-electron chi connectivity index (χ4n) is 1.70. The number of hydrogen-bond donors (Lipinski definition) is 0. The maximum Gasteiger partial charge on any atom is 0.336 e. The Morgan fingerprint density at radius 3 is 1.62 bits per heavy atom. The molecule has 116 valence electrons. The Bertz CT molecular complexity index is 778. The predicted octanol–water partition coefficient (Wildman–Crippen LogP) is -1.41. The van der Waals surface area contributed by atoms with Gasteiger partial charge in [-0.2, -0.15) is 0 Å². The largest absolute Gasteiger partial charge is 0.336 e. The number of aromatic nitrogens is 3. The van der Waals surface area contributed by atoms with Gasteiger partial charge in [0.15, 0.2) is 0 Å². The molecule has 0 saturated carbocycles. The Labute approximate surface area is 121 Å². The van der Waals surface area contributed by atoms with Crippen molar-refractivity contribution >= 4 is 9.84 Å². The molecule has 1 aromatic heterocycles. The Morgan fingerprint density at radius 1 is 0.905 bits per heavy atom. The van der Waals surface area contributed by atoms with Crippen LogP contribution in [0.3, 0.4) is 0 Å². The Hall–Kier alpha value is -2.16. The summed E-state index contributed by atoms with van der Waals surface area (Å²) in [5.74, 6) is -0.372. The topological polar surface area (TPSA) is 100 Å². The van der Waals surface area contributed by atoms with Crippen LogP contribution in [0.25, 0.3) is 0 Å². The first-order valence-electron chi connectivity index (χ1n) is 6.07. The fraction of sp³-hybridized carbons (Fsp3) is 0.417. The lowest BCUT2D eigenvalue weighted by Crippen LogP contribution is -2.54. The highest BCUT2D eigenvalue weighted by Crippen LogP contribution is 1.85. The molecule has 0 radical (unpaired) electrons. The minimum absolute atomic E-state index is 0.0754. The van der Waals surface area contributed by atoms with Gasteiger partial charge in [-0.15, -0.1) is 13.2 Å². The van der Waals surface area contributed by atoms with Crippen LogP contribution in [-0.4, -0.2) is 34.1 Å². The zero-order chi connectivity index (χ0) is 16.2. The standard InChI is InChI=1S/C12H17N3O5S/c1-4-6-13-10(16)14(7-5-2)12(18)15(11(13)17)8-9-21(3,19)20/h4-5H,1-2,6-9H2,3H3. The second-order valence-electron chi connectivity index (χ2n) is 4.43. The summed E-state index contributed by atoms with van der Waals surface area (Å²) in [6.45, 7) is 6.41. The highest BCUT2D eigenvalue weighted by molar-refractivity contribution is 7.90. The average molecular weight is 315 g/mol. The summed E-state index contributed by atoms with van der Waals surface area (Å²) in [6, 6.07) is 0. The molecule has 21 heavy (non-hydrogen) atoms. The first-order chi connectivity index (χ1) is 9.72. The summed E-state index contributed by atoms with van der Waals surface area (Å²) < 4.78 is 24.8. The maximum absolute atomic E-state index is 12.1. The van der Waals surface area contributed by atoms with Gasteiger partial charge in [0.1, 0.15) is 9.84 Å². The summed E-state index contributed by atoms with van der Waals surface area (Å²) >= 11 is 0. The van der Waals surface area contributed by atoms with E-state index in [1.54, 1.807) is 0 Å². The molecule has 0 spiro atoms. The molecule has 0 N–H and O–H groups in total. The zero-order valence-corrected chi connectivity index (χ0v) is 12.5. The molecule has 0 unspecified atom stereocenters. The average Bonchev–Trinajstić information content (AvgIpc) is 2.38. The van der Waals surface area contributed by atoms with Crippen LogP contribution in [0.1, 0.15) is 0 Å². The van der Waals surface area contributed by atoms with Gasteiger partial charge in [-0.3, -0.25) is 0 Å². The second kappa shape index (κ2) is 6.53. The van der Waals surface area contributed by atoms with Crippen molar-refractivity contribution in [2.45, 2.75) is 19.6 Å². The molecular formula is C12H17N3O5S. The third-order valence-electron chi connectivity index (χ3n) is 2.69. The molecule has 0 aromatic carbocycles. The molecule has 0 atom stereocenters. The molecule has 1 rings (SSSR count). The van der Waals surface area contributed by atoms with Gasteiger partial charge in [-0.1, -0.05) is 12.2 Å². The van der Waals surface area contributed by atoms with Gasteiger partial charge >= 0.3 is 17.1 Å². The number of hydrogen-bond acceptors (Lipinski definition) is 5. The van der Waals surface area contributed by atoms with Gasteiger partial charge in [0.05, 0.1) is 18.8 Å². The summed E-state index contributed by atoms with van der Waals surface area (Å²) in [5, 5.41) is 0. The number of sulfone groups is 1. The lowest BCUT2D eigenvalue weighted by atomic mass is 10.5. The van der Waals surface area contributed by atoms with E-state index in [-0.39, 0.29) is 25.4 Å². The summed E-state index contributed by atoms with van der Waals surface area (Å²) in [5.41, 5.74) is -2.48. The molecule has 0 aliphatic heterocycles. The molecule has 0 aliphatic carbocycles. The molecule has 0 bridgehead atoms. The first-order valence-corrected chi connectivity index (χ1v) is 8.13. The first kappa shape index (κ1) is 16.9. The normalized spacial score (nSPS) is 11.3. The van der Waals surface area contributed by atoms with Crippen molar-refractivity contribution in [3.8, 4) is 0 Å². The van der Waals surface area contributed by atoms with Gasteiger partial charge in [0.2, 0.25) is 0 Å². The lowest BCUT2D eigenvalue weighted by molar-refractivity contribution is 0.489. The molecule has 0 amide bonds. The molecule has 8 nitrogen and oxygen atoms in total. The van der Waals surface area contributed by atoms with E-state index in [0.29, 0.717) is 0 Å². The van der Waals surface area contributed by atoms with Crippen LogP contribution in [0, 0.1) is 0 Å². The third kappa shape index (κ3) is 3.91. The Morgan fingerprint density at radius 2 is 1.29 bits per heavy atom. The van der Waals surface area contributed by atoms with E-state index in [9.17, 15) is 22.8 Å². The van der Waals surface area contributed by atoms with Crippen molar-refractivity contribution in [1.82, 2.24) is 13.7 Å². The Kier molecular flexibility index (Phi) is 5.25. The van der Waals surface area contributed by atoms with E-state index in [4.69, 9.17) is 0 Å². The highest BCUT2D eigenvalue weighted by atomic mass is 32.2. The summed E-state index contributed by atoms with van der Waals surface area (Å²) in [4.78, 5) is 36.3. The van der Waals surface area contributed by atoms with Gasteiger partial charge in [-0.25, -0.2) is 36.5 Å². The summed E-state index contributed by atoms with van der Waals surface area (Å²) in [7, 11) is -3.35. The molecule has 0 aliphatic rings. The van der Waals surface area contributed by atoms with E-state index >= 15 is 0 Å². The number of nitrogens with zero attached hydrogens (tertiary/aromatic N) is 3. The van der Waals surface area contributed by atoms with Crippen LogP contribution in [0.2, 0.25) is 0 Å². The van der Waals surface area contributed by atoms with E-state index < -0.39 is 26.9 Å². The van der Waals surface area contributed by atoms with Crippen molar-refractivity contribution in [2.75, 3.05) is 12.0 Å². The zero-order valence-electron chi connectivity index (χ0n) is 11.7. The Balaban J connectivity index is 3.59. The molecule has 0 saturated heterocycles. The monoisotopic (exact) mass is 315 g/mol. The minimum Gasteiger partial charge on any atom is -0.247 e. The lowest BCUT2D eigenvalue weighted by Gasteiger charge is -2.11. The molecular weight excluding hydrogens is 298 g/mol. The SMILES string of the molecule is C=CCn1c(=O)n(CC=C)c(=O)n(CCS(C)(=O)=O)c1=O. The van der Waals surface area contributed by atoms with E-state index in [1.165, 1.54) is 12.2 Å². The second-order valence-corrected chi connectivity index (χ2v) is 6.69. The van der Waals surface area contributed by atoms with Crippen molar-refractivity contribution in [2.24, 2.45) is 0 Å². The molecule has 1 aromatic rings. The molecule has 9 heteroatoms. The van der Waals surface area contributed by atoms with E-state index in [0.717, 1.165) is 20.0 Å². The van der Waals surface area contributed by atoms with Crippen LogP contribution in [0.15, 0.2) is 39.7 Å². The van der Waals surface area contributed by atoms with Crippen LogP contribution in [-0.2, 0) is 29.5 Å². The highest BCUT2D eigenvalue weighted by Gasteiger charge is 2.15. The van der Waals surface area contributed by atoms with Crippen LogP contribution >= 0.6 is 0 Å². The van der Waals surface area contributed by atoms with Crippen molar-refractivity contribution < 1.29 is 8.42 Å². The van der Waals surface area contributed by atoms with Gasteiger partial charge in [-0.05, 0) is 0 Å². The number of allylic oxidation sites excluding steroid dienone is 2.